The molecule has 0 amide bonds. The van der Waals surface area contributed by atoms with Gasteiger partial charge in [0.2, 0.25) is 0 Å². The van der Waals surface area contributed by atoms with Crippen molar-refractivity contribution >= 4 is 47.5 Å². The zero-order valence-corrected chi connectivity index (χ0v) is 25.4. The number of benzene rings is 3. The van der Waals surface area contributed by atoms with Crippen LogP contribution in [0.15, 0.2) is 60.7 Å². The lowest BCUT2D eigenvalue weighted by Crippen LogP contribution is -2.04. The third-order valence-corrected chi connectivity index (χ3v) is 7.38. The van der Waals surface area contributed by atoms with Crippen LogP contribution in [0, 0.1) is 20.8 Å². The molecule has 0 aliphatic rings. The number of aryl methyl sites for hydroxylation is 4. The second-order valence-corrected chi connectivity index (χ2v) is 10.7. The van der Waals surface area contributed by atoms with E-state index < -0.39 is 0 Å². The van der Waals surface area contributed by atoms with Crippen molar-refractivity contribution in [2.24, 2.45) is 7.05 Å². The largest absolute Gasteiger partial charge is 0.494 e. The number of Topliss-reactive ketones (excluding diaryl/α,β-unsaturated/α-hetero) is 1. The van der Waals surface area contributed by atoms with Gasteiger partial charge in [-0.1, -0.05) is 60.2 Å². The molecule has 6 heteroatoms. The lowest BCUT2D eigenvalue weighted by Gasteiger charge is -2.13. The molecule has 0 bridgehead atoms. The quantitative estimate of drug-likeness (QED) is 0.0472. The highest BCUT2D eigenvalue weighted by Crippen LogP contribution is 2.31. The van der Waals surface area contributed by atoms with Gasteiger partial charge < -0.3 is 18.8 Å². The number of fused-ring (bicyclic) bond motifs is 1. The number of hydrogen-bond donors (Lipinski definition) is 0. The normalized spacial score (nSPS) is 11.4. The van der Waals surface area contributed by atoms with Crippen LogP contribution in [-0.2, 0) is 16.6 Å². The van der Waals surface area contributed by atoms with Crippen LogP contribution in [0.5, 0.6) is 11.5 Å². The molecule has 0 N–H and O–H groups in total. The summed E-state index contributed by atoms with van der Waals surface area (Å²) in [5, 5.41) is 0.796. The molecule has 0 saturated heterocycles. The third kappa shape index (κ3) is 7.77. The highest BCUT2D eigenvalue weighted by molar-refractivity contribution is 6.13. The molecule has 3 aromatic carbocycles. The number of carbonyl (C=O) groups is 3. The first kappa shape index (κ1) is 31.2. The Bertz CT molecular complexity index is 1630. The molecule has 4 aromatic rings. The molecule has 1 aromatic heterocycles. The first-order chi connectivity index (χ1) is 20.8. The number of rotatable bonds is 15. The van der Waals surface area contributed by atoms with Gasteiger partial charge in [0.25, 0.3) is 0 Å². The van der Waals surface area contributed by atoms with E-state index >= 15 is 0 Å². The Balaban J connectivity index is 1.38. The summed E-state index contributed by atoms with van der Waals surface area (Å²) in [5.41, 5.74) is 7.60. The van der Waals surface area contributed by atoms with Gasteiger partial charge in [0.1, 0.15) is 24.1 Å². The van der Waals surface area contributed by atoms with Crippen LogP contribution < -0.4 is 9.47 Å². The molecule has 0 fully saturated rings. The van der Waals surface area contributed by atoms with Crippen molar-refractivity contribution in [2.75, 3.05) is 13.2 Å². The number of carbonyl (C=O) groups excluding carboxylic acids is 3. The maximum absolute atomic E-state index is 13.0. The molecule has 4 rings (SSSR count). The Morgan fingerprint density at radius 2 is 1.56 bits per heavy atom. The van der Waals surface area contributed by atoms with Crippen LogP contribution in [0.2, 0.25) is 0 Å². The van der Waals surface area contributed by atoms with Gasteiger partial charge >= 0.3 is 0 Å². The molecule has 0 unspecified atom stereocenters. The molecule has 0 radical (unpaired) electrons. The summed E-state index contributed by atoms with van der Waals surface area (Å²) >= 11 is 0. The molecule has 43 heavy (non-hydrogen) atoms. The summed E-state index contributed by atoms with van der Waals surface area (Å²) in [6.45, 7) is 7.55. The maximum atomic E-state index is 13.0. The molecule has 6 nitrogen and oxygen atoms in total. The molecule has 0 saturated carbocycles. The average Bonchev–Trinajstić information content (AvgIpc) is 3.28. The fourth-order valence-electron chi connectivity index (χ4n) is 5.46. The Hall–Kier alpha value is -4.71. The van der Waals surface area contributed by atoms with E-state index in [2.05, 4.69) is 32.9 Å². The number of ketones is 1. The highest BCUT2D eigenvalue weighted by atomic mass is 16.5. The summed E-state index contributed by atoms with van der Waals surface area (Å²) in [4.78, 5) is 34.9. The smallest absolute Gasteiger partial charge is 0.166 e. The topological polar surface area (TPSA) is 74.6 Å². The highest BCUT2D eigenvalue weighted by Gasteiger charge is 2.20. The number of nitrogens with zero attached hydrogens (tertiary/aromatic N) is 1. The Morgan fingerprint density at radius 3 is 2.23 bits per heavy atom. The first-order valence-corrected chi connectivity index (χ1v) is 14.7. The fraction of sp³-hybridized carbons (Fsp3) is 0.270. The van der Waals surface area contributed by atoms with Crippen LogP contribution >= 0.6 is 0 Å². The van der Waals surface area contributed by atoms with Crippen molar-refractivity contribution in [1.29, 1.82) is 0 Å². The number of ether oxygens (including phenoxy) is 2. The molecule has 0 aliphatic carbocycles. The standard InChI is InChI=1S/C37H39NO5/c1-26-24-27(2)37(28(3)25-26)43-23-6-5-22-42-31-18-15-29(16-19-31)14-17-30-10-7-11-32-35(34(41)13-9-21-40)33(12-8-20-39)38(4)36(30)32/h7-8,10-12,14-21,24-25H,5-6,9,13,22-23H2,1-4H3/b12-8+,17-14+. The van der Waals surface area contributed by atoms with Crippen molar-refractivity contribution in [3.63, 3.8) is 0 Å². The van der Waals surface area contributed by atoms with Crippen LogP contribution in [-0.4, -0.2) is 36.1 Å². The molecule has 0 atom stereocenters. The van der Waals surface area contributed by atoms with Crippen molar-refractivity contribution in [1.82, 2.24) is 4.57 Å². The molecule has 0 aliphatic heterocycles. The zero-order chi connectivity index (χ0) is 30.8. The molecular formula is C37H39NO5. The number of aldehydes is 2. The van der Waals surface area contributed by atoms with Gasteiger partial charge in [-0.3, -0.25) is 9.59 Å². The summed E-state index contributed by atoms with van der Waals surface area (Å²) in [6.07, 6.45) is 10.6. The fourth-order valence-corrected chi connectivity index (χ4v) is 5.46. The first-order valence-electron chi connectivity index (χ1n) is 14.7. The monoisotopic (exact) mass is 577 g/mol. The van der Waals surface area contributed by atoms with E-state index in [9.17, 15) is 14.4 Å². The number of para-hydroxylation sites is 1. The third-order valence-electron chi connectivity index (χ3n) is 7.38. The predicted molar refractivity (Wildman–Crippen MR) is 174 cm³/mol. The van der Waals surface area contributed by atoms with Gasteiger partial charge in [0, 0.05) is 25.3 Å². The van der Waals surface area contributed by atoms with Crippen LogP contribution in [0.3, 0.4) is 0 Å². The minimum atomic E-state index is -0.121. The van der Waals surface area contributed by atoms with Crippen LogP contribution in [0.1, 0.15) is 69.6 Å². The van der Waals surface area contributed by atoms with E-state index in [0.717, 1.165) is 52.7 Å². The lowest BCUT2D eigenvalue weighted by molar-refractivity contribution is -0.107. The second kappa shape index (κ2) is 15.0. The molecule has 0 spiro atoms. The second-order valence-electron chi connectivity index (χ2n) is 10.7. The number of unbranched alkanes of at least 4 members (excludes halogenated alkanes) is 1. The van der Waals surface area contributed by atoms with E-state index in [1.165, 1.54) is 22.8 Å². The summed E-state index contributed by atoms with van der Waals surface area (Å²) in [5.74, 6) is 1.68. The molecular weight excluding hydrogens is 538 g/mol. The van der Waals surface area contributed by atoms with E-state index in [4.69, 9.17) is 9.47 Å². The van der Waals surface area contributed by atoms with Gasteiger partial charge in [-0.05, 0) is 80.2 Å². The summed E-state index contributed by atoms with van der Waals surface area (Å²) in [6, 6.07) is 18.1. The van der Waals surface area contributed by atoms with E-state index in [1.807, 2.05) is 66.2 Å². The minimum absolute atomic E-state index is 0.121. The predicted octanol–water partition coefficient (Wildman–Crippen LogP) is 7.89. The Labute approximate surface area is 253 Å². The van der Waals surface area contributed by atoms with Crippen molar-refractivity contribution < 1.29 is 23.9 Å². The van der Waals surface area contributed by atoms with Gasteiger partial charge in [-0.25, -0.2) is 0 Å². The number of hydrogen-bond acceptors (Lipinski definition) is 5. The van der Waals surface area contributed by atoms with Gasteiger partial charge in [-0.2, -0.15) is 0 Å². The molecule has 222 valence electrons. The minimum Gasteiger partial charge on any atom is -0.494 e. The summed E-state index contributed by atoms with van der Waals surface area (Å²) < 4.78 is 13.9. The SMILES string of the molecule is Cc1cc(C)c(OCCCCOc2ccc(/C=C/c3cccc4c(C(=O)CCC=O)c(/C=C/C=O)n(C)c34)cc2)c(C)c1. The number of aromatic nitrogens is 1. The van der Waals surface area contributed by atoms with Gasteiger partial charge in [0.05, 0.1) is 30.0 Å². The average molecular weight is 578 g/mol. The van der Waals surface area contributed by atoms with Gasteiger partial charge in [-0.15, -0.1) is 0 Å². The van der Waals surface area contributed by atoms with E-state index in [0.29, 0.717) is 30.8 Å². The van der Waals surface area contributed by atoms with Crippen molar-refractivity contribution in [3.8, 4) is 11.5 Å². The van der Waals surface area contributed by atoms with Crippen LogP contribution in [0.25, 0.3) is 29.1 Å². The lowest BCUT2D eigenvalue weighted by atomic mass is 10.0. The van der Waals surface area contributed by atoms with Crippen LogP contribution in [0.4, 0.5) is 0 Å². The summed E-state index contributed by atoms with van der Waals surface area (Å²) in [7, 11) is 1.88. The maximum Gasteiger partial charge on any atom is 0.166 e. The van der Waals surface area contributed by atoms with Crippen molar-refractivity contribution in [3.05, 3.63) is 99.7 Å². The Morgan fingerprint density at radius 1 is 0.860 bits per heavy atom. The molecule has 1 heterocycles. The zero-order valence-electron chi connectivity index (χ0n) is 25.4. The Kier molecular flexibility index (Phi) is 10.9. The number of allylic oxidation sites excluding steroid dienone is 1. The van der Waals surface area contributed by atoms with E-state index in [-0.39, 0.29) is 18.6 Å². The van der Waals surface area contributed by atoms with Gasteiger partial charge in [0.15, 0.2) is 5.78 Å². The van der Waals surface area contributed by atoms with Crippen molar-refractivity contribution in [2.45, 2.75) is 46.5 Å². The van der Waals surface area contributed by atoms with E-state index in [1.54, 1.807) is 6.08 Å².